The number of anilines is 1. The molecular formula is C11H14FN3O2. The quantitative estimate of drug-likeness (QED) is 0.825. The molecule has 17 heavy (non-hydrogen) atoms. The van der Waals surface area contributed by atoms with Crippen molar-refractivity contribution in [2.75, 3.05) is 25.5 Å². The van der Waals surface area contributed by atoms with Gasteiger partial charge >= 0.3 is 5.97 Å². The zero-order valence-corrected chi connectivity index (χ0v) is 9.48. The number of likely N-dealkylation sites (N-methyl/N-ethyl adjacent to an activating group) is 1. The summed E-state index contributed by atoms with van der Waals surface area (Å²) >= 11 is 0. The first-order valence-corrected chi connectivity index (χ1v) is 5.40. The maximum atomic E-state index is 12.9. The molecule has 1 aliphatic rings. The third kappa shape index (κ3) is 2.71. The third-order valence-electron chi connectivity index (χ3n) is 2.82. The number of carboxylic acids is 1. The first-order valence-electron chi connectivity index (χ1n) is 5.40. The predicted octanol–water partition coefficient (Wildman–Crippen LogP) is 1.03. The molecule has 1 unspecified atom stereocenters. The molecule has 0 amide bonds. The Kier molecular flexibility index (Phi) is 3.23. The van der Waals surface area contributed by atoms with Gasteiger partial charge in [0, 0.05) is 12.6 Å². The van der Waals surface area contributed by atoms with Gasteiger partial charge in [0.1, 0.15) is 17.2 Å². The third-order valence-corrected chi connectivity index (χ3v) is 2.82. The van der Waals surface area contributed by atoms with Gasteiger partial charge in [-0.3, -0.25) is 0 Å². The fraction of sp³-hybridized carbons (Fsp3) is 0.455. The number of nitrogens with one attached hydrogen (secondary N) is 1. The Morgan fingerprint density at radius 3 is 3.06 bits per heavy atom. The number of hydrogen-bond acceptors (Lipinski definition) is 4. The Bertz CT molecular complexity index is 439. The van der Waals surface area contributed by atoms with Crippen molar-refractivity contribution in [3.05, 3.63) is 23.6 Å². The summed E-state index contributed by atoms with van der Waals surface area (Å²) in [7, 11) is 2.00. The van der Waals surface area contributed by atoms with Gasteiger partial charge in [-0.25, -0.2) is 14.2 Å². The predicted molar refractivity (Wildman–Crippen MR) is 60.7 cm³/mol. The SMILES string of the molecule is CN1CCC(Nc2ncc(F)cc2C(=O)O)C1. The van der Waals surface area contributed by atoms with Crippen molar-refractivity contribution in [2.24, 2.45) is 0 Å². The number of hydrogen-bond donors (Lipinski definition) is 2. The monoisotopic (exact) mass is 239 g/mol. The second-order valence-electron chi connectivity index (χ2n) is 4.25. The van der Waals surface area contributed by atoms with Gasteiger partial charge < -0.3 is 15.3 Å². The summed E-state index contributed by atoms with van der Waals surface area (Å²) in [5, 5.41) is 12.0. The Morgan fingerprint density at radius 2 is 2.47 bits per heavy atom. The molecule has 1 aromatic rings. The molecule has 0 aromatic carbocycles. The highest BCUT2D eigenvalue weighted by molar-refractivity contribution is 5.93. The molecule has 0 saturated carbocycles. The fourth-order valence-electron chi connectivity index (χ4n) is 1.96. The normalized spacial score (nSPS) is 20.5. The van der Waals surface area contributed by atoms with Crippen LogP contribution in [0.3, 0.4) is 0 Å². The molecule has 2 rings (SSSR count). The van der Waals surface area contributed by atoms with Gasteiger partial charge in [0.25, 0.3) is 0 Å². The number of aromatic carboxylic acids is 1. The van der Waals surface area contributed by atoms with Crippen LogP contribution in [0.4, 0.5) is 10.2 Å². The van der Waals surface area contributed by atoms with Crippen molar-refractivity contribution < 1.29 is 14.3 Å². The molecule has 0 radical (unpaired) electrons. The number of halogens is 1. The van der Waals surface area contributed by atoms with E-state index >= 15 is 0 Å². The van der Waals surface area contributed by atoms with Crippen LogP contribution in [0, 0.1) is 5.82 Å². The van der Waals surface area contributed by atoms with Crippen LogP contribution in [-0.4, -0.2) is 47.1 Å². The number of aromatic nitrogens is 1. The summed E-state index contributed by atoms with van der Waals surface area (Å²) in [5.41, 5.74) is -0.125. The lowest BCUT2D eigenvalue weighted by Crippen LogP contribution is -2.25. The Hall–Kier alpha value is -1.69. The van der Waals surface area contributed by atoms with E-state index in [1.807, 2.05) is 7.05 Å². The first-order chi connectivity index (χ1) is 8.06. The molecule has 1 saturated heterocycles. The van der Waals surface area contributed by atoms with Crippen LogP contribution >= 0.6 is 0 Å². The van der Waals surface area contributed by atoms with E-state index in [-0.39, 0.29) is 17.4 Å². The number of carboxylic acid groups (broad SMARTS) is 1. The van der Waals surface area contributed by atoms with Crippen LogP contribution in [0.1, 0.15) is 16.8 Å². The smallest absolute Gasteiger partial charge is 0.339 e. The van der Waals surface area contributed by atoms with Crippen molar-refractivity contribution in [1.29, 1.82) is 0 Å². The second kappa shape index (κ2) is 4.67. The van der Waals surface area contributed by atoms with Crippen molar-refractivity contribution in [1.82, 2.24) is 9.88 Å². The van der Waals surface area contributed by atoms with Crippen LogP contribution in [0.5, 0.6) is 0 Å². The molecule has 6 heteroatoms. The van der Waals surface area contributed by atoms with Crippen molar-refractivity contribution in [3.8, 4) is 0 Å². The van der Waals surface area contributed by atoms with Crippen molar-refractivity contribution in [3.63, 3.8) is 0 Å². The molecule has 1 atom stereocenters. The zero-order valence-electron chi connectivity index (χ0n) is 9.48. The van der Waals surface area contributed by atoms with Crippen LogP contribution in [0.2, 0.25) is 0 Å². The van der Waals surface area contributed by atoms with E-state index in [1.54, 1.807) is 0 Å². The lowest BCUT2D eigenvalue weighted by molar-refractivity contribution is 0.0697. The minimum absolute atomic E-state index is 0.125. The van der Waals surface area contributed by atoms with Gasteiger partial charge in [-0.05, 0) is 26.1 Å². The molecule has 92 valence electrons. The minimum atomic E-state index is -1.18. The average molecular weight is 239 g/mol. The molecular weight excluding hydrogens is 225 g/mol. The summed E-state index contributed by atoms with van der Waals surface area (Å²) in [6, 6.07) is 1.15. The largest absolute Gasteiger partial charge is 0.478 e. The Morgan fingerprint density at radius 1 is 1.71 bits per heavy atom. The summed E-state index contributed by atoms with van der Waals surface area (Å²) < 4.78 is 12.9. The molecule has 0 aliphatic carbocycles. The van der Waals surface area contributed by atoms with Crippen LogP contribution in [-0.2, 0) is 0 Å². The lowest BCUT2D eigenvalue weighted by atomic mass is 10.2. The minimum Gasteiger partial charge on any atom is -0.478 e. The molecule has 0 bridgehead atoms. The summed E-state index contributed by atoms with van der Waals surface area (Å²) in [4.78, 5) is 16.9. The van der Waals surface area contributed by atoms with Gasteiger partial charge in [-0.15, -0.1) is 0 Å². The van der Waals surface area contributed by atoms with E-state index in [4.69, 9.17) is 5.11 Å². The van der Waals surface area contributed by atoms with E-state index < -0.39 is 11.8 Å². The lowest BCUT2D eigenvalue weighted by Gasteiger charge is -2.14. The molecule has 2 N–H and O–H groups in total. The highest BCUT2D eigenvalue weighted by Crippen LogP contribution is 2.18. The molecule has 2 heterocycles. The van der Waals surface area contributed by atoms with Gasteiger partial charge in [-0.1, -0.05) is 0 Å². The summed E-state index contributed by atoms with van der Waals surface area (Å²) in [6.07, 6.45) is 1.95. The summed E-state index contributed by atoms with van der Waals surface area (Å²) in [6.45, 7) is 1.79. The number of carbonyl (C=O) groups is 1. The number of rotatable bonds is 3. The van der Waals surface area contributed by atoms with Gasteiger partial charge in [-0.2, -0.15) is 0 Å². The van der Waals surface area contributed by atoms with Gasteiger partial charge in [0.05, 0.1) is 6.20 Å². The van der Waals surface area contributed by atoms with Gasteiger partial charge in [0.15, 0.2) is 0 Å². The summed E-state index contributed by atoms with van der Waals surface area (Å²) in [5.74, 6) is -1.58. The first kappa shape index (κ1) is 11.8. The van der Waals surface area contributed by atoms with Crippen LogP contribution in [0.25, 0.3) is 0 Å². The van der Waals surface area contributed by atoms with E-state index in [2.05, 4.69) is 15.2 Å². The maximum Gasteiger partial charge on any atom is 0.339 e. The Balaban J connectivity index is 2.17. The molecule has 1 aliphatic heterocycles. The number of pyridine rings is 1. The molecule has 1 aromatic heterocycles. The fourth-order valence-corrected chi connectivity index (χ4v) is 1.96. The van der Waals surface area contributed by atoms with E-state index in [0.29, 0.717) is 0 Å². The maximum absolute atomic E-state index is 12.9. The number of nitrogens with zero attached hydrogens (tertiary/aromatic N) is 2. The zero-order chi connectivity index (χ0) is 12.4. The highest BCUT2D eigenvalue weighted by Gasteiger charge is 2.22. The topological polar surface area (TPSA) is 65.5 Å². The standard InChI is InChI=1S/C11H14FN3O2/c1-15-3-2-8(6-15)14-10-9(11(16)17)4-7(12)5-13-10/h4-5,8H,2-3,6H2,1H3,(H,13,14)(H,16,17). The van der Waals surface area contributed by atoms with E-state index in [1.165, 1.54) is 0 Å². The molecule has 0 spiro atoms. The van der Waals surface area contributed by atoms with E-state index in [9.17, 15) is 9.18 Å². The van der Waals surface area contributed by atoms with E-state index in [0.717, 1.165) is 31.8 Å². The van der Waals surface area contributed by atoms with Crippen molar-refractivity contribution in [2.45, 2.75) is 12.5 Å². The second-order valence-corrected chi connectivity index (χ2v) is 4.25. The van der Waals surface area contributed by atoms with Crippen molar-refractivity contribution >= 4 is 11.8 Å². The number of likely N-dealkylation sites (tertiary alicyclic amines) is 1. The van der Waals surface area contributed by atoms with Gasteiger partial charge in [0.2, 0.25) is 0 Å². The molecule has 1 fully saturated rings. The Labute approximate surface area is 98.3 Å². The van der Waals surface area contributed by atoms with Crippen LogP contribution < -0.4 is 5.32 Å². The average Bonchev–Trinajstić information content (AvgIpc) is 2.66. The molecule has 5 nitrogen and oxygen atoms in total. The highest BCUT2D eigenvalue weighted by atomic mass is 19.1. The van der Waals surface area contributed by atoms with Crippen LogP contribution in [0.15, 0.2) is 12.3 Å².